The van der Waals surface area contributed by atoms with E-state index in [1.54, 1.807) is 18.8 Å². The first-order valence-corrected chi connectivity index (χ1v) is 18.2. The summed E-state index contributed by atoms with van der Waals surface area (Å²) in [6.45, 7) is 4.09. The van der Waals surface area contributed by atoms with Crippen LogP contribution in [0.25, 0.3) is 0 Å². The Labute approximate surface area is 301 Å². The number of nitrogens with one attached hydrogen (secondary N) is 3. The molecular formula is C36H47N7O5S2. The van der Waals surface area contributed by atoms with E-state index in [2.05, 4.69) is 25.9 Å². The van der Waals surface area contributed by atoms with Crippen LogP contribution in [0.5, 0.6) is 0 Å². The summed E-state index contributed by atoms with van der Waals surface area (Å²) in [4.78, 5) is 52.8. The molecule has 4 N–H and O–H groups in total. The molecule has 50 heavy (non-hydrogen) atoms. The van der Waals surface area contributed by atoms with E-state index >= 15 is 0 Å². The number of amides is 4. The van der Waals surface area contributed by atoms with Gasteiger partial charge in [0.05, 0.1) is 34.8 Å². The Kier molecular flexibility index (Phi) is 14.6. The summed E-state index contributed by atoms with van der Waals surface area (Å²) in [7, 11) is 5.49. The molecule has 0 fully saturated rings. The van der Waals surface area contributed by atoms with E-state index in [1.165, 1.54) is 27.6 Å². The molecule has 0 saturated carbocycles. The molecule has 0 aliphatic carbocycles. The van der Waals surface area contributed by atoms with Crippen LogP contribution in [-0.4, -0.2) is 83.4 Å². The van der Waals surface area contributed by atoms with Crippen molar-refractivity contribution in [3.8, 4) is 0 Å². The summed E-state index contributed by atoms with van der Waals surface area (Å²) < 4.78 is 5.42. The number of carbonyl (C=O) groups is 3. The number of aliphatic hydroxyl groups excluding tert-OH is 1. The molecular weight excluding hydrogens is 675 g/mol. The zero-order valence-corrected chi connectivity index (χ0v) is 30.7. The number of nitrogens with zero attached hydrogens (tertiary/aromatic N) is 4. The molecule has 0 unspecified atom stereocenters. The third-order valence-corrected chi connectivity index (χ3v) is 9.80. The van der Waals surface area contributed by atoms with Gasteiger partial charge in [-0.05, 0) is 36.3 Å². The number of aromatic nitrogens is 2. The molecule has 2 aromatic heterocycles. The van der Waals surface area contributed by atoms with Crippen molar-refractivity contribution in [3.63, 3.8) is 0 Å². The molecule has 2 heterocycles. The van der Waals surface area contributed by atoms with Crippen molar-refractivity contribution in [2.75, 3.05) is 26.0 Å². The quantitative estimate of drug-likeness (QED) is 0.121. The summed E-state index contributed by atoms with van der Waals surface area (Å²) >= 11 is 2.87. The highest BCUT2D eigenvalue weighted by molar-refractivity contribution is 7.13. The average Bonchev–Trinajstić information content (AvgIpc) is 3.79. The number of urea groups is 1. The van der Waals surface area contributed by atoms with Crippen LogP contribution in [0, 0.1) is 5.92 Å². The molecule has 0 bridgehead atoms. The smallest absolute Gasteiger partial charge is 0.407 e. The third-order valence-electron chi connectivity index (χ3n) is 7.99. The molecule has 4 rings (SSSR count). The molecule has 0 saturated heterocycles. The van der Waals surface area contributed by atoms with Gasteiger partial charge in [0.2, 0.25) is 5.91 Å². The number of rotatable bonds is 17. The van der Waals surface area contributed by atoms with Crippen molar-refractivity contribution in [2.24, 2.45) is 5.92 Å². The first-order chi connectivity index (χ1) is 24.0. The van der Waals surface area contributed by atoms with Gasteiger partial charge < -0.3 is 35.6 Å². The first-order valence-electron chi connectivity index (χ1n) is 16.5. The largest absolute Gasteiger partial charge is 0.444 e. The van der Waals surface area contributed by atoms with E-state index in [4.69, 9.17) is 4.74 Å². The number of aliphatic hydroxyl groups is 1. The van der Waals surface area contributed by atoms with E-state index in [-0.39, 0.29) is 31.4 Å². The predicted octanol–water partition coefficient (Wildman–Crippen LogP) is 4.85. The third kappa shape index (κ3) is 12.1. The molecule has 0 radical (unpaired) electrons. The van der Waals surface area contributed by atoms with Crippen LogP contribution in [0.3, 0.4) is 0 Å². The monoisotopic (exact) mass is 721 g/mol. The van der Waals surface area contributed by atoms with Crippen LogP contribution < -0.4 is 20.9 Å². The number of benzene rings is 2. The lowest BCUT2D eigenvalue weighted by Gasteiger charge is -2.30. The predicted molar refractivity (Wildman–Crippen MR) is 197 cm³/mol. The minimum atomic E-state index is -1.05. The number of hydrogen-bond donors (Lipinski definition) is 4. The second-order valence-corrected chi connectivity index (χ2v) is 14.5. The maximum atomic E-state index is 13.9. The van der Waals surface area contributed by atoms with Gasteiger partial charge in [0.25, 0.3) is 0 Å². The highest BCUT2D eigenvalue weighted by atomic mass is 32.1. The number of hydrogen-bond acceptors (Lipinski definition) is 10. The Bertz CT molecular complexity index is 1620. The maximum Gasteiger partial charge on any atom is 0.407 e. The topological polar surface area (TPSA) is 149 Å². The van der Waals surface area contributed by atoms with Crippen molar-refractivity contribution >= 4 is 45.8 Å². The fourth-order valence-electron chi connectivity index (χ4n) is 5.30. The van der Waals surface area contributed by atoms with Crippen LogP contribution in [0.15, 0.2) is 77.8 Å². The first kappa shape index (κ1) is 38.3. The number of thiazole rings is 2. The minimum Gasteiger partial charge on any atom is -0.444 e. The van der Waals surface area contributed by atoms with E-state index in [0.717, 1.165) is 26.8 Å². The molecule has 4 amide bonds. The lowest BCUT2D eigenvalue weighted by atomic mass is 9.93. The van der Waals surface area contributed by atoms with E-state index in [1.807, 2.05) is 98.9 Å². The minimum absolute atomic E-state index is 0.0652. The van der Waals surface area contributed by atoms with Gasteiger partial charge in [-0.1, -0.05) is 74.5 Å². The molecule has 14 heteroatoms. The van der Waals surface area contributed by atoms with Crippen molar-refractivity contribution in [1.29, 1.82) is 0 Å². The van der Waals surface area contributed by atoms with Gasteiger partial charge in [-0.25, -0.2) is 14.6 Å². The van der Waals surface area contributed by atoms with Crippen LogP contribution in [0.4, 0.5) is 14.7 Å². The Morgan fingerprint density at radius 3 is 2.14 bits per heavy atom. The van der Waals surface area contributed by atoms with Crippen LogP contribution in [0.1, 0.15) is 42.0 Å². The Balaban J connectivity index is 1.46. The Morgan fingerprint density at radius 2 is 1.56 bits per heavy atom. The van der Waals surface area contributed by atoms with E-state index < -0.39 is 36.4 Å². The Hall–Kier alpha value is -4.53. The highest BCUT2D eigenvalue weighted by Gasteiger charge is 2.31. The van der Waals surface area contributed by atoms with Crippen LogP contribution >= 0.6 is 22.7 Å². The molecule has 0 spiro atoms. The lowest BCUT2D eigenvalue weighted by Crippen LogP contribution is -2.55. The van der Waals surface area contributed by atoms with Gasteiger partial charge >= 0.3 is 12.1 Å². The second-order valence-electron chi connectivity index (χ2n) is 12.7. The van der Waals surface area contributed by atoms with E-state index in [9.17, 15) is 19.5 Å². The van der Waals surface area contributed by atoms with Gasteiger partial charge in [-0.2, -0.15) is 0 Å². The fraction of sp³-hybridized carbons (Fsp3) is 0.417. The Morgan fingerprint density at radius 1 is 0.900 bits per heavy atom. The maximum absolute atomic E-state index is 13.9. The van der Waals surface area contributed by atoms with Crippen molar-refractivity contribution in [3.05, 3.63) is 99.4 Å². The van der Waals surface area contributed by atoms with Gasteiger partial charge in [-0.3, -0.25) is 9.78 Å². The molecule has 268 valence electrons. The standard InChI is InChI=1S/C36H47N7O5S2/c1-24(2)32(41-34(46)43(5)20-28-22-49-35(39-28)42(3)4)33(45)38-27(16-25-12-8-6-9-13-25)18-31(44)30(17-26-14-10-7-11-15-26)40-36(47)48-21-29-19-37-23-50-29/h6-15,19,22-24,27,30-32,44H,16-18,20-21H2,1-5H3,(H,38,45)(H,40,47)(H,41,46)/t27-,30-,31-,32-/m0/s1. The number of carbonyl (C=O) groups excluding carboxylic acids is 3. The lowest BCUT2D eigenvalue weighted by molar-refractivity contribution is -0.124. The van der Waals surface area contributed by atoms with Crippen molar-refractivity contribution in [1.82, 2.24) is 30.8 Å². The zero-order valence-electron chi connectivity index (χ0n) is 29.1. The molecule has 0 aliphatic heterocycles. The molecule has 4 atom stereocenters. The normalized spacial score (nSPS) is 13.5. The van der Waals surface area contributed by atoms with Crippen molar-refractivity contribution in [2.45, 2.75) is 70.5 Å². The van der Waals surface area contributed by atoms with Gasteiger partial charge in [0, 0.05) is 38.8 Å². The van der Waals surface area contributed by atoms with Crippen LogP contribution in [-0.2, 0) is 35.5 Å². The molecule has 12 nitrogen and oxygen atoms in total. The number of anilines is 1. The molecule has 0 aliphatic rings. The second kappa shape index (κ2) is 19.0. The van der Waals surface area contributed by atoms with Gasteiger partial charge in [-0.15, -0.1) is 22.7 Å². The van der Waals surface area contributed by atoms with E-state index in [0.29, 0.717) is 12.8 Å². The molecule has 4 aromatic rings. The van der Waals surface area contributed by atoms with Crippen molar-refractivity contribution < 1.29 is 24.2 Å². The summed E-state index contributed by atoms with van der Waals surface area (Å²) in [5, 5.41) is 23.3. The SMILES string of the molecule is CC(C)[C@H](NC(=O)N(C)Cc1csc(N(C)C)n1)C(=O)N[C@@H](Cc1ccccc1)C[C@H](O)[C@H](Cc1ccccc1)NC(=O)OCc1cncs1. The van der Waals surface area contributed by atoms with Gasteiger partial charge in [0.15, 0.2) is 5.13 Å². The fourth-order valence-corrected chi connectivity index (χ4v) is 6.56. The highest BCUT2D eigenvalue weighted by Crippen LogP contribution is 2.19. The summed E-state index contributed by atoms with van der Waals surface area (Å²) in [6, 6.07) is 16.7. The zero-order chi connectivity index (χ0) is 36.0. The van der Waals surface area contributed by atoms with Gasteiger partial charge in [0.1, 0.15) is 12.6 Å². The summed E-state index contributed by atoms with van der Waals surface area (Å²) in [5.41, 5.74) is 4.30. The summed E-state index contributed by atoms with van der Waals surface area (Å²) in [5.74, 6) is -0.593. The van der Waals surface area contributed by atoms with Crippen LogP contribution in [0.2, 0.25) is 0 Å². The molecule has 2 aromatic carbocycles. The summed E-state index contributed by atoms with van der Waals surface area (Å²) in [6.07, 6.45) is 0.818. The average molecular weight is 722 g/mol. The number of alkyl carbamates (subject to hydrolysis) is 1. The number of ether oxygens (including phenoxy) is 1.